The molecule has 0 unspecified atom stereocenters. The highest BCUT2D eigenvalue weighted by Gasteiger charge is 2.12. The van der Waals surface area contributed by atoms with Crippen molar-refractivity contribution < 1.29 is 14.4 Å². The molecule has 3 amide bonds. The minimum absolute atomic E-state index is 0.249. The number of amides is 3. The fraction of sp³-hybridized carbons (Fsp3) is 0.105. The van der Waals surface area contributed by atoms with Crippen LogP contribution in [0.1, 0.15) is 17.3 Å². The molecule has 0 bridgehead atoms. The standard InChI is InChI=1S/C19H18ClN3O3/c1-4-18(25)23(3)15-8-5-13(6-9-15)19(26)22-17-11-14(20)7-10-16(17)21-12(2)24/h4-11H,1H2,2-3H3,(H,21,24)(H,22,26). The Morgan fingerprint density at radius 1 is 1.04 bits per heavy atom. The summed E-state index contributed by atoms with van der Waals surface area (Å²) in [5, 5.41) is 5.78. The zero-order valence-corrected chi connectivity index (χ0v) is 15.1. The largest absolute Gasteiger partial charge is 0.325 e. The maximum atomic E-state index is 12.5. The molecule has 2 N–H and O–H groups in total. The number of nitrogens with one attached hydrogen (secondary N) is 2. The number of carbonyl (C=O) groups is 3. The molecular formula is C19H18ClN3O3. The molecule has 0 aliphatic heterocycles. The van der Waals surface area contributed by atoms with Crippen LogP contribution < -0.4 is 15.5 Å². The SMILES string of the molecule is C=CC(=O)N(C)c1ccc(C(=O)Nc2cc(Cl)ccc2NC(C)=O)cc1. The smallest absolute Gasteiger partial charge is 0.255 e. The van der Waals surface area contributed by atoms with Gasteiger partial charge >= 0.3 is 0 Å². The van der Waals surface area contributed by atoms with Crippen LogP contribution >= 0.6 is 11.6 Å². The van der Waals surface area contributed by atoms with Gasteiger partial charge in [-0.1, -0.05) is 18.2 Å². The Bertz CT molecular complexity index is 863. The number of hydrogen-bond acceptors (Lipinski definition) is 3. The number of likely N-dealkylation sites (N-methyl/N-ethyl adjacent to an activating group) is 1. The minimum Gasteiger partial charge on any atom is -0.325 e. The molecule has 0 atom stereocenters. The van der Waals surface area contributed by atoms with Gasteiger partial charge in [-0.25, -0.2) is 0 Å². The van der Waals surface area contributed by atoms with Gasteiger partial charge in [0.2, 0.25) is 11.8 Å². The van der Waals surface area contributed by atoms with Crippen LogP contribution in [0.4, 0.5) is 17.1 Å². The average molecular weight is 372 g/mol. The monoisotopic (exact) mass is 371 g/mol. The highest BCUT2D eigenvalue weighted by molar-refractivity contribution is 6.31. The zero-order valence-electron chi connectivity index (χ0n) is 14.4. The lowest BCUT2D eigenvalue weighted by molar-refractivity contribution is -0.114. The maximum absolute atomic E-state index is 12.5. The maximum Gasteiger partial charge on any atom is 0.255 e. The second-order valence-corrected chi connectivity index (χ2v) is 5.91. The van der Waals surface area contributed by atoms with Crippen molar-refractivity contribution in [2.75, 3.05) is 22.6 Å². The summed E-state index contributed by atoms with van der Waals surface area (Å²) in [4.78, 5) is 36.8. The number of nitrogens with zero attached hydrogens (tertiary/aromatic N) is 1. The molecule has 0 spiro atoms. The first-order chi connectivity index (χ1) is 12.3. The molecule has 134 valence electrons. The van der Waals surface area contributed by atoms with Gasteiger partial charge in [-0.05, 0) is 48.5 Å². The Hall–Kier alpha value is -3.12. The van der Waals surface area contributed by atoms with E-state index < -0.39 is 0 Å². The van der Waals surface area contributed by atoms with Gasteiger partial charge in [-0.3, -0.25) is 14.4 Å². The van der Waals surface area contributed by atoms with Crippen LogP contribution in [0.3, 0.4) is 0 Å². The molecule has 0 heterocycles. The van der Waals surface area contributed by atoms with Crippen LogP contribution in [0.25, 0.3) is 0 Å². The van der Waals surface area contributed by atoms with Gasteiger partial charge in [0.05, 0.1) is 11.4 Å². The quantitative estimate of drug-likeness (QED) is 0.786. The number of halogens is 1. The van der Waals surface area contributed by atoms with Gasteiger partial charge in [0.1, 0.15) is 0 Å². The van der Waals surface area contributed by atoms with Crippen molar-refractivity contribution in [1.82, 2.24) is 0 Å². The van der Waals surface area contributed by atoms with E-state index in [0.717, 1.165) is 0 Å². The van der Waals surface area contributed by atoms with Crippen LogP contribution in [-0.4, -0.2) is 24.8 Å². The van der Waals surface area contributed by atoms with Crippen molar-refractivity contribution in [2.45, 2.75) is 6.92 Å². The number of hydrogen-bond donors (Lipinski definition) is 2. The summed E-state index contributed by atoms with van der Waals surface area (Å²) >= 11 is 5.97. The lowest BCUT2D eigenvalue weighted by atomic mass is 10.1. The molecule has 0 aliphatic carbocycles. The van der Waals surface area contributed by atoms with E-state index in [1.54, 1.807) is 49.5 Å². The predicted octanol–water partition coefficient (Wildman–Crippen LogP) is 3.70. The number of anilines is 3. The van der Waals surface area contributed by atoms with E-state index in [1.807, 2.05) is 0 Å². The molecule has 0 fully saturated rings. The van der Waals surface area contributed by atoms with Crippen LogP contribution in [0.5, 0.6) is 0 Å². The zero-order chi connectivity index (χ0) is 19.3. The molecule has 2 aromatic rings. The van der Waals surface area contributed by atoms with Gasteiger partial charge in [-0.2, -0.15) is 0 Å². The Balaban J connectivity index is 2.20. The molecule has 2 aromatic carbocycles. The fourth-order valence-corrected chi connectivity index (χ4v) is 2.39. The van der Waals surface area contributed by atoms with Crippen molar-refractivity contribution in [3.63, 3.8) is 0 Å². The molecule has 2 rings (SSSR count). The Kier molecular flexibility index (Phi) is 6.14. The van der Waals surface area contributed by atoms with Gasteiger partial charge in [-0.15, -0.1) is 0 Å². The van der Waals surface area contributed by atoms with Crippen molar-refractivity contribution >= 4 is 46.4 Å². The van der Waals surface area contributed by atoms with E-state index in [1.165, 1.54) is 17.9 Å². The number of rotatable bonds is 5. The summed E-state index contributed by atoms with van der Waals surface area (Å²) in [6.07, 6.45) is 1.21. The summed E-state index contributed by atoms with van der Waals surface area (Å²) < 4.78 is 0. The molecule has 0 aromatic heterocycles. The lowest BCUT2D eigenvalue weighted by Crippen LogP contribution is -2.23. The second kappa shape index (κ2) is 8.31. The highest BCUT2D eigenvalue weighted by atomic mass is 35.5. The molecule has 6 nitrogen and oxygen atoms in total. The molecule has 0 saturated carbocycles. The number of carbonyl (C=O) groups excluding carboxylic acids is 3. The Morgan fingerprint density at radius 3 is 2.27 bits per heavy atom. The Labute approximate surface area is 156 Å². The summed E-state index contributed by atoms with van der Waals surface area (Å²) in [6.45, 7) is 4.81. The van der Waals surface area contributed by atoms with Gasteiger partial charge in [0, 0.05) is 30.2 Å². The summed E-state index contributed by atoms with van der Waals surface area (Å²) in [5.74, 6) is -0.883. The van der Waals surface area contributed by atoms with Crippen molar-refractivity contribution in [2.24, 2.45) is 0 Å². The first-order valence-corrected chi connectivity index (χ1v) is 8.08. The first kappa shape index (κ1) is 19.2. The van der Waals surface area contributed by atoms with E-state index in [4.69, 9.17) is 11.6 Å². The predicted molar refractivity (Wildman–Crippen MR) is 104 cm³/mol. The second-order valence-electron chi connectivity index (χ2n) is 5.47. The van der Waals surface area contributed by atoms with Crippen LogP contribution in [0, 0.1) is 0 Å². The van der Waals surface area contributed by atoms with Gasteiger partial charge in [0.15, 0.2) is 0 Å². The Morgan fingerprint density at radius 2 is 1.69 bits per heavy atom. The summed E-state index contributed by atoms with van der Waals surface area (Å²) in [5.41, 5.74) is 1.86. The van der Waals surface area contributed by atoms with E-state index in [0.29, 0.717) is 27.6 Å². The molecular weight excluding hydrogens is 354 g/mol. The van der Waals surface area contributed by atoms with E-state index >= 15 is 0 Å². The molecule has 7 heteroatoms. The minimum atomic E-state index is -0.372. The van der Waals surface area contributed by atoms with Crippen LogP contribution in [-0.2, 0) is 9.59 Å². The first-order valence-electron chi connectivity index (χ1n) is 7.70. The summed E-state index contributed by atoms with van der Waals surface area (Å²) in [6, 6.07) is 11.3. The van der Waals surface area contributed by atoms with Crippen molar-refractivity contribution in [3.8, 4) is 0 Å². The van der Waals surface area contributed by atoms with E-state index in [2.05, 4.69) is 17.2 Å². The third kappa shape index (κ3) is 4.70. The topological polar surface area (TPSA) is 78.5 Å². The van der Waals surface area contributed by atoms with Crippen molar-refractivity contribution in [1.29, 1.82) is 0 Å². The molecule has 0 aliphatic rings. The highest BCUT2D eigenvalue weighted by Crippen LogP contribution is 2.26. The average Bonchev–Trinajstić information content (AvgIpc) is 2.62. The molecule has 0 saturated heterocycles. The van der Waals surface area contributed by atoms with E-state index in [9.17, 15) is 14.4 Å². The van der Waals surface area contributed by atoms with E-state index in [-0.39, 0.29) is 17.7 Å². The number of benzene rings is 2. The summed E-state index contributed by atoms with van der Waals surface area (Å²) in [7, 11) is 1.62. The lowest BCUT2D eigenvalue weighted by Gasteiger charge is -2.16. The molecule has 0 radical (unpaired) electrons. The molecule has 26 heavy (non-hydrogen) atoms. The van der Waals surface area contributed by atoms with Gasteiger partial charge < -0.3 is 15.5 Å². The fourth-order valence-electron chi connectivity index (χ4n) is 2.21. The normalized spacial score (nSPS) is 9.96. The third-order valence-corrected chi connectivity index (χ3v) is 3.80. The van der Waals surface area contributed by atoms with Crippen LogP contribution in [0.15, 0.2) is 55.1 Å². The third-order valence-electron chi connectivity index (χ3n) is 3.56. The van der Waals surface area contributed by atoms with Crippen molar-refractivity contribution in [3.05, 3.63) is 65.7 Å². The van der Waals surface area contributed by atoms with Gasteiger partial charge in [0.25, 0.3) is 5.91 Å². The van der Waals surface area contributed by atoms with Crippen LogP contribution in [0.2, 0.25) is 5.02 Å².